The van der Waals surface area contributed by atoms with Crippen LogP contribution in [0.4, 0.5) is 0 Å². The zero-order valence-electron chi connectivity index (χ0n) is 11.7. The van der Waals surface area contributed by atoms with E-state index in [9.17, 15) is 0 Å². The molecule has 0 aliphatic carbocycles. The summed E-state index contributed by atoms with van der Waals surface area (Å²) in [5.74, 6) is 0.672. The summed E-state index contributed by atoms with van der Waals surface area (Å²) < 4.78 is 0. The lowest BCUT2D eigenvalue weighted by atomic mass is 9.99. The Bertz CT molecular complexity index is 230. The molecule has 1 atom stereocenters. The van der Waals surface area contributed by atoms with Gasteiger partial charge in [-0.25, -0.2) is 0 Å². The van der Waals surface area contributed by atoms with Crippen LogP contribution in [-0.4, -0.2) is 36.6 Å². The molecule has 0 aliphatic heterocycles. The van der Waals surface area contributed by atoms with Gasteiger partial charge in [-0.05, 0) is 40.2 Å². The lowest BCUT2D eigenvalue weighted by Crippen LogP contribution is -2.44. The summed E-state index contributed by atoms with van der Waals surface area (Å²) in [6, 6.07) is 2.88. The molecule has 0 bridgehead atoms. The van der Waals surface area contributed by atoms with Gasteiger partial charge in [0.25, 0.3) is 0 Å². The molecule has 0 aromatic heterocycles. The fourth-order valence-electron chi connectivity index (χ4n) is 1.63. The van der Waals surface area contributed by atoms with Gasteiger partial charge in [0.1, 0.15) is 5.54 Å². The van der Waals surface area contributed by atoms with Crippen molar-refractivity contribution in [1.29, 1.82) is 5.26 Å². The lowest BCUT2D eigenvalue weighted by Gasteiger charge is -2.31. The first-order valence-corrected chi connectivity index (χ1v) is 6.19. The highest BCUT2D eigenvalue weighted by Crippen LogP contribution is 2.12. The van der Waals surface area contributed by atoms with Gasteiger partial charge in [-0.3, -0.25) is 0 Å². The predicted molar refractivity (Wildman–Crippen MR) is 69.2 cm³/mol. The van der Waals surface area contributed by atoms with Crippen LogP contribution in [0.2, 0.25) is 0 Å². The Kier molecular flexibility index (Phi) is 6.62. The summed E-state index contributed by atoms with van der Waals surface area (Å²) in [6.07, 6.45) is 0.866. The van der Waals surface area contributed by atoms with Crippen LogP contribution in [0.3, 0.4) is 0 Å². The highest BCUT2D eigenvalue weighted by atomic mass is 15.1. The van der Waals surface area contributed by atoms with E-state index >= 15 is 0 Å². The van der Waals surface area contributed by atoms with Crippen LogP contribution < -0.4 is 5.32 Å². The van der Waals surface area contributed by atoms with Gasteiger partial charge in [0.2, 0.25) is 0 Å². The monoisotopic (exact) mass is 225 g/mol. The van der Waals surface area contributed by atoms with Crippen molar-refractivity contribution in [2.75, 3.05) is 20.1 Å². The second kappa shape index (κ2) is 6.88. The molecule has 0 amide bonds. The molecule has 0 aromatic carbocycles. The van der Waals surface area contributed by atoms with Gasteiger partial charge in [-0.15, -0.1) is 0 Å². The summed E-state index contributed by atoms with van der Waals surface area (Å²) in [6.45, 7) is 12.9. The minimum absolute atomic E-state index is 0.399. The van der Waals surface area contributed by atoms with Gasteiger partial charge in [0.05, 0.1) is 6.07 Å². The normalized spacial score (nSPS) is 15.5. The van der Waals surface area contributed by atoms with Crippen molar-refractivity contribution in [3.8, 4) is 6.07 Å². The molecule has 0 aliphatic rings. The van der Waals surface area contributed by atoms with Crippen molar-refractivity contribution in [2.45, 2.75) is 52.6 Å². The maximum absolute atomic E-state index is 9.09. The highest BCUT2D eigenvalue weighted by molar-refractivity contribution is 5.03. The molecule has 0 heterocycles. The Balaban J connectivity index is 4.27. The van der Waals surface area contributed by atoms with Gasteiger partial charge in [0.15, 0.2) is 0 Å². The van der Waals surface area contributed by atoms with Crippen LogP contribution in [-0.2, 0) is 0 Å². The molecule has 3 heteroatoms. The van der Waals surface area contributed by atoms with Crippen molar-refractivity contribution < 1.29 is 0 Å². The van der Waals surface area contributed by atoms with Gasteiger partial charge in [0, 0.05) is 19.1 Å². The van der Waals surface area contributed by atoms with Crippen LogP contribution in [0.15, 0.2) is 0 Å². The molecular weight excluding hydrogens is 198 g/mol. The molecule has 0 rings (SSSR count). The van der Waals surface area contributed by atoms with Crippen LogP contribution in [0, 0.1) is 17.2 Å². The number of hydrogen-bond acceptors (Lipinski definition) is 3. The summed E-state index contributed by atoms with van der Waals surface area (Å²) in [7, 11) is 1.85. The third-order valence-corrected chi connectivity index (χ3v) is 3.03. The Morgan fingerprint density at radius 3 is 2.19 bits per heavy atom. The van der Waals surface area contributed by atoms with Crippen molar-refractivity contribution in [1.82, 2.24) is 10.2 Å². The second-order valence-electron chi connectivity index (χ2n) is 5.43. The van der Waals surface area contributed by atoms with E-state index in [2.05, 4.69) is 44.0 Å². The number of nitrogens with zero attached hydrogens (tertiary/aromatic N) is 2. The van der Waals surface area contributed by atoms with E-state index in [0.29, 0.717) is 12.0 Å². The van der Waals surface area contributed by atoms with E-state index in [-0.39, 0.29) is 0 Å². The molecule has 1 N–H and O–H groups in total. The van der Waals surface area contributed by atoms with Crippen molar-refractivity contribution in [3.05, 3.63) is 0 Å². The molecule has 0 spiro atoms. The SMILES string of the molecule is CNC(C)(C#N)CCN(CC(C)C)C(C)C. The Hall–Kier alpha value is -0.590. The van der Waals surface area contributed by atoms with Crippen LogP contribution in [0.25, 0.3) is 0 Å². The van der Waals surface area contributed by atoms with Gasteiger partial charge in [-0.2, -0.15) is 5.26 Å². The van der Waals surface area contributed by atoms with E-state index in [0.717, 1.165) is 19.5 Å². The Morgan fingerprint density at radius 2 is 1.88 bits per heavy atom. The third-order valence-electron chi connectivity index (χ3n) is 3.03. The molecule has 16 heavy (non-hydrogen) atoms. The quantitative estimate of drug-likeness (QED) is 0.722. The smallest absolute Gasteiger partial charge is 0.104 e. The topological polar surface area (TPSA) is 39.1 Å². The highest BCUT2D eigenvalue weighted by Gasteiger charge is 2.23. The third kappa shape index (κ3) is 5.48. The summed E-state index contributed by atoms with van der Waals surface area (Å²) in [4.78, 5) is 2.44. The van der Waals surface area contributed by atoms with Crippen LogP contribution in [0.5, 0.6) is 0 Å². The maximum atomic E-state index is 9.09. The molecule has 94 valence electrons. The fraction of sp³-hybridized carbons (Fsp3) is 0.923. The first-order valence-electron chi connectivity index (χ1n) is 6.19. The molecule has 0 saturated carbocycles. The van der Waals surface area contributed by atoms with E-state index in [1.807, 2.05) is 14.0 Å². The molecule has 1 unspecified atom stereocenters. The van der Waals surface area contributed by atoms with Crippen LogP contribution in [0.1, 0.15) is 41.0 Å². The van der Waals surface area contributed by atoms with Crippen molar-refractivity contribution >= 4 is 0 Å². The van der Waals surface area contributed by atoms with Crippen LogP contribution >= 0.6 is 0 Å². The molecule has 0 aromatic rings. The number of nitriles is 1. The maximum Gasteiger partial charge on any atom is 0.104 e. The van der Waals surface area contributed by atoms with E-state index < -0.39 is 5.54 Å². The molecule has 0 saturated heterocycles. The summed E-state index contributed by atoms with van der Waals surface area (Å²) in [5, 5.41) is 12.2. The fourth-order valence-corrected chi connectivity index (χ4v) is 1.63. The number of nitrogens with one attached hydrogen (secondary N) is 1. The molecule has 0 fully saturated rings. The molecule has 0 radical (unpaired) electrons. The Labute approximate surface area is 101 Å². The minimum atomic E-state index is -0.399. The zero-order chi connectivity index (χ0) is 12.8. The largest absolute Gasteiger partial charge is 0.303 e. The van der Waals surface area contributed by atoms with Crippen molar-refractivity contribution in [2.24, 2.45) is 5.92 Å². The summed E-state index contributed by atoms with van der Waals surface area (Å²) >= 11 is 0. The minimum Gasteiger partial charge on any atom is -0.303 e. The second-order valence-corrected chi connectivity index (χ2v) is 5.43. The zero-order valence-corrected chi connectivity index (χ0v) is 11.7. The first kappa shape index (κ1) is 15.4. The van der Waals surface area contributed by atoms with Gasteiger partial charge < -0.3 is 10.2 Å². The van der Waals surface area contributed by atoms with Gasteiger partial charge in [-0.1, -0.05) is 13.8 Å². The standard InChI is InChI=1S/C13H27N3/c1-11(2)9-16(12(3)4)8-7-13(5,10-14)15-6/h11-12,15H,7-9H2,1-6H3. The number of rotatable bonds is 7. The first-order chi connectivity index (χ1) is 7.34. The van der Waals surface area contributed by atoms with E-state index in [4.69, 9.17) is 5.26 Å². The lowest BCUT2D eigenvalue weighted by molar-refractivity contribution is 0.182. The van der Waals surface area contributed by atoms with Crippen molar-refractivity contribution in [3.63, 3.8) is 0 Å². The number of hydrogen-bond donors (Lipinski definition) is 1. The van der Waals surface area contributed by atoms with E-state index in [1.54, 1.807) is 0 Å². The Morgan fingerprint density at radius 1 is 1.31 bits per heavy atom. The van der Waals surface area contributed by atoms with E-state index in [1.165, 1.54) is 0 Å². The predicted octanol–water partition coefficient (Wildman–Crippen LogP) is 2.24. The molecular formula is C13H27N3. The average Bonchev–Trinajstić information content (AvgIpc) is 2.23. The molecule has 3 nitrogen and oxygen atoms in total. The average molecular weight is 225 g/mol. The summed E-state index contributed by atoms with van der Waals surface area (Å²) in [5.41, 5.74) is -0.399. The van der Waals surface area contributed by atoms with Gasteiger partial charge >= 0.3 is 0 Å².